The highest BCUT2D eigenvalue weighted by molar-refractivity contribution is 6.05. The number of methoxy groups -OCH3 is 1. The number of rotatable bonds is 4. The summed E-state index contributed by atoms with van der Waals surface area (Å²) >= 11 is 0. The summed E-state index contributed by atoms with van der Waals surface area (Å²) in [6.45, 7) is 3.65. The van der Waals surface area contributed by atoms with Gasteiger partial charge >= 0.3 is 0 Å². The number of aromatic nitrogens is 2. The van der Waals surface area contributed by atoms with E-state index < -0.39 is 5.82 Å². The molecule has 0 saturated carbocycles. The first kappa shape index (κ1) is 16.7. The average molecular weight is 339 g/mol. The Balaban J connectivity index is 1.92. The van der Waals surface area contributed by atoms with Crippen molar-refractivity contribution in [2.24, 2.45) is 0 Å². The van der Waals surface area contributed by atoms with Crippen molar-refractivity contribution >= 4 is 11.6 Å². The van der Waals surface area contributed by atoms with E-state index in [-0.39, 0.29) is 5.91 Å². The fraction of sp³-hybridized carbons (Fsp3) is 0.158. The van der Waals surface area contributed by atoms with Gasteiger partial charge in [-0.2, -0.15) is 5.10 Å². The van der Waals surface area contributed by atoms with Gasteiger partial charge in [0.15, 0.2) is 0 Å². The van der Waals surface area contributed by atoms with Crippen LogP contribution in [0, 0.1) is 19.7 Å². The van der Waals surface area contributed by atoms with Crippen molar-refractivity contribution in [3.8, 4) is 11.4 Å². The second-order valence-corrected chi connectivity index (χ2v) is 5.66. The molecule has 3 aromatic rings. The smallest absolute Gasteiger partial charge is 0.259 e. The van der Waals surface area contributed by atoms with E-state index in [0.29, 0.717) is 28.4 Å². The van der Waals surface area contributed by atoms with Crippen molar-refractivity contribution in [3.63, 3.8) is 0 Å². The van der Waals surface area contributed by atoms with Gasteiger partial charge in [-0.1, -0.05) is 18.2 Å². The number of anilines is 1. The molecule has 0 bridgehead atoms. The molecular weight excluding hydrogens is 321 g/mol. The zero-order chi connectivity index (χ0) is 18.0. The zero-order valence-corrected chi connectivity index (χ0v) is 14.2. The van der Waals surface area contributed by atoms with Crippen molar-refractivity contribution in [1.29, 1.82) is 0 Å². The molecule has 5 nitrogen and oxygen atoms in total. The first-order valence-electron chi connectivity index (χ1n) is 7.76. The van der Waals surface area contributed by atoms with Crippen LogP contribution in [-0.4, -0.2) is 22.8 Å². The molecule has 0 aliphatic carbocycles. The van der Waals surface area contributed by atoms with Gasteiger partial charge in [0.25, 0.3) is 5.91 Å². The SMILES string of the molecule is COc1ccc(C)cc1NC(=O)c1cnn(-c2ccccc2F)c1C. The Morgan fingerprint density at radius 1 is 1.20 bits per heavy atom. The summed E-state index contributed by atoms with van der Waals surface area (Å²) in [4.78, 5) is 12.6. The number of para-hydroxylation sites is 1. The Labute approximate surface area is 145 Å². The quantitative estimate of drug-likeness (QED) is 0.784. The summed E-state index contributed by atoms with van der Waals surface area (Å²) in [6.07, 6.45) is 1.43. The third-order valence-electron chi connectivity index (χ3n) is 3.94. The topological polar surface area (TPSA) is 56.1 Å². The van der Waals surface area contributed by atoms with Crippen molar-refractivity contribution in [1.82, 2.24) is 9.78 Å². The molecule has 0 radical (unpaired) electrons. The minimum absolute atomic E-state index is 0.298. The van der Waals surface area contributed by atoms with Gasteiger partial charge in [-0.15, -0.1) is 0 Å². The third kappa shape index (κ3) is 3.24. The third-order valence-corrected chi connectivity index (χ3v) is 3.94. The Hall–Kier alpha value is -3.15. The lowest BCUT2D eigenvalue weighted by Gasteiger charge is -2.11. The van der Waals surface area contributed by atoms with E-state index in [9.17, 15) is 9.18 Å². The van der Waals surface area contributed by atoms with E-state index >= 15 is 0 Å². The molecule has 0 spiro atoms. The van der Waals surface area contributed by atoms with Gasteiger partial charge < -0.3 is 10.1 Å². The number of nitrogens with one attached hydrogen (secondary N) is 1. The van der Waals surface area contributed by atoms with Crippen LogP contribution in [0.4, 0.5) is 10.1 Å². The van der Waals surface area contributed by atoms with Gasteiger partial charge in [0.05, 0.1) is 30.3 Å². The van der Waals surface area contributed by atoms with E-state index in [1.807, 2.05) is 19.1 Å². The molecule has 2 aromatic carbocycles. The predicted molar refractivity (Wildman–Crippen MR) is 93.9 cm³/mol. The van der Waals surface area contributed by atoms with Crippen LogP contribution in [0.25, 0.3) is 5.69 Å². The summed E-state index contributed by atoms with van der Waals surface area (Å²) < 4.78 is 20.7. The van der Waals surface area contributed by atoms with Gasteiger partial charge in [-0.3, -0.25) is 4.79 Å². The molecule has 6 heteroatoms. The summed E-state index contributed by atoms with van der Waals surface area (Å²) in [5.74, 6) is -0.164. The molecule has 25 heavy (non-hydrogen) atoms. The van der Waals surface area contributed by atoms with Crippen LogP contribution in [0.1, 0.15) is 21.6 Å². The Bertz CT molecular complexity index is 934. The molecule has 1 heterocycles. The molecule has 1 N–H and O–H groups in total. The van der Waals surface area contributed by atoms with Crippen LogP contribution in [0.5, 0.6) is 5.75 Å². The number of carbonyl (C=O) groups excluding carboxylic acids is 1. The van der Waals surface area contributed by atoms with Crippen LogP contribution < -0.4 is 10.1 Å². The van der Waals surface area contributed by atoms with Crippen molar-refractivity contribution < 1.29 is 13.9 Å². The van der Waals surface area contributed by atoms with Gasteiger partial charge in [0.2, 0.25) is 0 Å². The summed E-state index contributed by atoms with van der Waals surface area (Å²) in [5.41, 5.74) is 2.79. The van der Waals surface area contributed by atoms with E-state index in [1.165, 1.54) is 16.9 Å². The van der Waals surface area contributed by atoms with Gasteiger partial charge in [-0.05, 0) is 43.7 Å². The lowest BCUT2D eigenvalue weighted by atomic mass is 10.2. The number of amides is 1. The first-order valence-corrected chi connectivity index (χ1v) is 7.76. The lowest BCUT2D eigenvalue weighted by molar-refractivity contribution is 0.102. The van der Waals surface area contributed by atoms with E-state index in [4.69, 9.17) is 4.74 Å². The average Bonchev–Trinajstić information content (AvgIpc) is 2.97. The van der Waals surface area contributed by atoms with Crippen LogP contribution in [0.2, 0.25) is 0 Å². The standard InChI is InChI=1S/C19H18FN3O2/c1-12-8-9-18(25-3)16(10-12)22-19(24)14-11-21-23(13(14)2)17-7-5-4-6-15(17)20/h4-11H,1-3H3,(H,22,24). The Morgan fingerprint density at radius 3 is 2.68 bits per heavy atom. The molecule has 0 atom stereocenters. The number of aryl methyl sites for hydroxylation is 1. The van der Waals surface area contributed by atoms with Gasteiger partial charge in [0, 0.05) is 0 Å². The predicted octanol–water partition coefficient (Wildman–Crippen LogP) is 3.89. The minimum Gasteiger partial charge on any atom is -0.495 e. The summed E-state index contributed by atoms with van der Waals surface area (Å²) in [7, 11) is 1.54. The molecule has 1 amide bonds. The maximum absolute atomic E-state index is 14.0. The molecule has 3 rings (SSSR count). The molecule has 0 aliphatic rings. The van der Waals surface area contributed by atoms with Gasteiger partial charge in [-0.25, -0.2) is 9.07 Å². The normalized spacial score (nSPS) is 10.6. The molecular formula is C19H18FN3O2. The minimum atomic E-state index is -0.402. The van der Waals surface area contributed by atoms with Crippen molar-refractivity contribution in [3.05, 3.63) is 71.3 Å². The fourth-order valence-electron chi connectivity index (χ4n) is 2.61. The van der Waals surface area contributed by atoms with E-state index in [1.54, 1.807) is 38.3 Å². The highest BCUT2D eigenvalue weighted by atomic mass is 19.1. The summed E-state index contributed by atoms with van der Waals surface area (Å²) in [5, 5.41) is 6.98. The van der Waals surface area contributed by atoms with Gasteiger partial charge in [0.1, 0.15) is 17.3 Å². The highest BCUT2D eigenvalue weighted by Gasteiger charge is 2.18. The maximum atomic E-state index is 14.0. The molecule has 0 saturated heterocycles. The molecule has 1 aromatic heterocycles. The van der Waals surface area contributed by atoms with Crippen LogP contribution in [-0.2, 0) is 0 Å². The number of hydrogen-bond acceptors (Lipinski definition) is 3. The second-order valence-electron chi connectivity index (χ2n) is 5.66. The number of carbonyl (C=O) groups is 1. The number of nitrogens with zero attached hydrogens (tertiary/aromatic N) is 2. The lowest BCUT2D eigenvalue weighted by Crippen LogP contribution is -2.14. The molecule has 0 aliphatic heterocycles. The Morgan fingerprint density at radius 2 is 1.96 bits per heavy atom. The number of halogens is 1. The van der Waals surface area contributed by atoms with Crippen LogP contribution in [0.15, 0.2) is 48.7 Å². The maximum Gasteiger partial charge on any atom is 0.259 e. The largest absolute Gasteiger partial charge is 0.495 e. The van der Waals surface area contributed by atoms with Crippen molar-refractivity contribution in [2.45, 2.75) is 13.8 Å². The van der Waals surface area contributed by atoms with E-state index in [2.05, 4.69) is 10.4 Å². The van der Waals surface area contributed by atoms with Crippen LogP contribution >= 0.6 is 0 Å². The summed E-state index contributed by atoms with van der Waals surface area (Å²) in [6, 6.07) is 11.8. The number of benzene rings is 2. The monoisotopic (exact) mass is 339 g/mol. The second kappa shape index (κ2) is 6.76. The molecule has 128 valence electrons. The van der Waals surface area contributed by atoms with E-state index in [0.717, 1.165) is 5.56 Å². The number of ether oxygens (including phenoxy) is 1. The molecule has 0 fully saturated rings. The van der Waals surface area contributed by atoms with Crippen molar-refractivity contribution in [2.75, 3.05) is 12.4 Å². The first-order chi connectivity index (χ1) is 12.0. The zero-order valence-electron chi connectivity index (χ0n) is 14.2. The van der Waals surface area contributed by atoms with Crippen LogP contribution in [0.3, 0.4) is 0 Å². The molecule has 0 unspecified atom stereocenters. The highest BCUT2D eigenvalue weighted by Crippen LogP contribution is 2.26. The number of hydrogen-bond donors (Lipinski definition) is 1. The fourth-order valence-corrected chi connectivity index (χ4v) is 2.61. The Kier molecular flexibility index (Phi) is 4.52.